The first-order valence-electron chi connectivity index (χ1n) is 6.07. The summed E-state index contributed by atoms with van der Waals surface area (Å²) in [5, 5.41) is 0.308. The normalized spacial score (nSPS) is 26.8. The lowest BCUT2D eigenvalue weighted by molar-refractivity contribution is 0.241. The second kappa shape index (κ2) is 4.56. The fourth-order valence-electron chi connectivity index (χ4n) is 1.37. The van der Waals surface area contributed by atoms with Crippen LogP contribution in [0.3, 0.4) is 0 Å². The molecular weight excluding hydrogens is 204 g/mol. The zero-order chi connectivity index (χ0) is 11.7. The second-order valence-electron chi connectivity index (χ2n) is 6.07. The van der Waals surface area contributed by atoms with Crippen LogP contribution in [0.5, 0.6) is 0 Å². The lowest BCUT2D eigenvalue weighted by Crippen LogP contribution is -2.41. The molecule has 2 nitrogen and oxygen atoms in total. The highest BCUT2D eigenvalue weighted by Crippen LogP contribution is 2.38. The highest BCUT2D eigenvalue weighted by Gasteiger charge is 2.42. The lowest BCUT2D eigenvalue weighted by Gasteiger charge is -2.36. The third-order valence-corrected chi connectivity index (χ3v) is 8.18. The summed E-state index contributed by atoms with van der Waals surface area (Å²) in [6.07, 6.45) is 3.27. The minimum atomic E-state index is -1.56. The summed E-state index contributed by atoms with van der Waals surface area (Å²) >= 11 is 0. The van der Waals surface area contributed by atoms with Crippen LogP contribution in [-0.4, -0.2) is 27.1 Å². The van der Waals surface area contributed by atoms with Crippen molar-refractivity contribution in [2.45, 2.75) is 70.9 Å². The van der Waals surface area contributed by atoms with E-state index < -0.39 is 8.32 Å². The number of hydrogen-bond donors (Lipinski definition) is 0. The van der Waals surface area contributed by atoms with Gasteiger partial charge in [0.05, 0.1) is 12.7 Å². The van der Waals surface area contributed by atoms with Crippen molar-refractivity contribution in [3.8, 4) is 0 Å². The highest BCUT2D eigenvalue weighted by atomic mass is 28.4. The quantitative estimate of drug-likeness (QED) is 0.532. The molecule has 1 saturated heterocycles. The number of ether oxygens (including phenoxy) is 1. The van der Waals surface area contributed by atoms with Gasteiger partial charge in [-0.15, -0.1) is 0 Å². The van der Waals surface area contributed by atoms with E-state index in [2.05, 4.69) is 40.8 Å². The summed E-state index contributed by atoms with van der Waals surface area (Å²) in [5.41, 5.74) is 0. The predicted octanol–water partition coefficient (Wildman–Crippen LogP) is 3.58. The SMILES string of the molecule is CCC[C@@H]1O[C@H]1CO[Si](C)(C)C(C)(C)C. The van der Waals surface area contributed by atoms with Crippen molar-refractivity contribution >= 4 is 8.32 Å². The molecule has 0 aromatic heterocycles. The minimum Gasteiger partial charge on any atom is -0.414 e. The number of rotatable bonds is 5. The summed E-state index contributed by atoms with van der Waals surface area (Å²) in [4.78, 5) is 0. The fraction of sp³-hybridized carbons (Fsp3) is 1.00. The number of hydrogen-bond acceptors (Lipinski definition) is 2. The first-order valence-corrected chi connectivity index (χ1v) is 8.98. The van der Waals surface area contributed by atoms with Crippen LogP contribution in [0.1, 0.15) is 40.5 Å². The standard InChI is InChI=1S/C12H26O2Si/c1-7-8-10-11(14-10)9-13-15(5,6)12(2,3)4/h10-11H,7-9H2,1-6H3/t10-,11-/m0/s1. The molecule has 1 aliphatic rings. The molecule has 0 aromatic rings. The van der Waals surface area contributed by atoms with Crippen molar-refractivity contribution in [2.24, 2.45) is 0 Å². The van der Waals surface area contributed by atoms with Crippen molar-refractivity contribution < 1.29 is 9.16 Å². The van der Waals surface area contributed by atoms with Crippen LogP contribution >= 0.6 is 0 Å². The van der Waals surface area contributed by atoms with Crippen molar-refractivity contribution in [1.29, 1.82) is 0 Å². The lowest BCUT2D eigenvalue weighted by atomic mass is 10.2. The maximum absolute atomic E-state index is 6.11. The van der Waals surface area contributed by atoms with E-state index in [0.717, 1.165) is 6.61 Å². The maximum Gasteiger partial charge on any atom is 0.192 e. The maximum atomic E-state index is 6.11. The first kappa shape index (κ1) is 13.2. The molecule has 1 fully saturated rings. The average Bonchev–Trinajstić information content (AvgIpc) is 2.79. The van der Waals surface area contributed by atoms with Crippen molar-refractivity contribution in [1.82, 2.24) is 0 Å². The molecule has 1 heterocycles. The van der Waals surface area contributed by atoms with Gasteiger partial charge in [-0.3, -0.25) is 0 Å². The van der Waals surface area contributed by atoms with Gasteiger partial charge in [0.25, 0.3) is 0 Å². The van der Waals surface area contributed by atoms with Gasteiger partial charge in [-0.2, -0.15) is 0 Å². The zero-order valence-electron chi connectivity index (χ0n) is 11.1. The molecule has 3 heteroatoms. The van der Waals surface area contributed by atoms with E-state index in [1.165, 1.54) is 12.8 Å². The highest BCUT2D eigenvalue weighted by molar-refractivity contribution is 6.74. The van der Waals surface area contributed by atoms with Crippen LogP contribution in [0, 0.1) is 0 Å². The van der Waals surface area contributed by atoms with Crippen LogP contribution in [0.4, 0.5) is 0 Å². The molecule has 0 radical (unpaired) electrons. The first-order chi connectivity index (χ1) is 6.78. The van der Waals surface area contributed by atoms with Crippen LogP contribution in [0.15, 0.2) is 0 Å². The Morgan fingerprint density at radius 2 is 1.80 bits per heavy atom. The zero-order valence-corrected chi connectivity index (χ0v) is 12.1. The molecule has 1 aliphatic heterocycles. The Morgan fingerprint density at radius 1 is 1.20 bits per heavy atom. The van der Waals surface area contributed by atoms with E-state index in [-0.39, 0.29) is 0 Å². The van der Waals surface area contributed by atoms with Gasteiger partial charge >= 0.3 is 0 Å². The molecule has 0 aromatic carbocycles. The third-order valence-electron chi connectivity index (χ3n) is 3.68. The molecule has 0 saturated carbocycles. The van der Waals surface area contributed by atoms with Gasteiger partial charge in [-0.1, -0.05) is 34.1 Å². The Labute approximate surface area is 95.5 Å². The molecule has 0 N–H and O–H groups in total. The molecule has 15 heavy (non-hydrogen) atoms. The summed E-state index contributed by atoms with van der Waals surface area (Å²) in [6.45, 7) is 14.4. The van der Waals surface area contributed by atoms with Crippen molar-refractivity contribution in [3.63, 3.8) is 0 Å². The Bertz CT molecular complexity index is 208. The molecule has 1 rings (SSSR count). The minimum absolute atomic E-state index is 0.308. The van der Waals surface area contributed by atoms with E-state index in [1.807, 2.05) is 0 Å². The molecular formula is C12H26O2Si. The van der Waals surface area contributed by atoms with Crippen LogP contribution in [0.2, 0.25) is 18.1 Å². The third kappa shape index (κ3) is 3.57. The molecule has 90 valence electrons. The summed E-state index contributed by atoms with van der Waals surface area (Å²) in [5.74, 6) is 0. The molecule has 0 unspecified atom stereocenters. The molecule has 0 spiro atoms. The summed E-state index contributed by atoms with van der Waals surface area (Å²) in [6, 6.07) is 0. The second-order valence-corrected chi connectivity index (χ2v) is 10.9. The molecule has 0 aliphatic carbocycles. The monoisotopic (exact) mass is 230 g/mol. The van der Waals surface area contributed by atoms with Gasteiger partial charge in [0.15, 0.2) is 8.32 Å². The summed E-state index contributed by atoms with van der Waals surface area (Å²) < 4.78 is 11.7. The van der Waals surface area contributed by atoms with Crippen LogP contribution < -0.4 is 0 Å². The Kier molecular flexibility index (Phi) is 4.01. The van der Waals surface area contributed by atoms with Crippen molar-refractivity contribution in [2.75, 3.05) is 6.61 Å². The number of epoxide rings is 1. The van der Waals surface area contributed by atoms with Crippen LogP contribution in [0.25, 0.3) is 0 Å². The summed E-state index contributed by atoms with van der Waals surface area (Å²) in [7, 11) is -1.56. The van der Waals surface area contributed by atoms with Gasteiger partial charge in [0.1, 0.15) is 6.10 Å². The predicted molar refractivity (Wildman–Crippen MR) is 66.7 cm³/mol. The molecule has 2 atom stereocenters. The average molecular weight is 230 g/mol. The topological polar surface area (TPSA) is 21.8 Å². The van der Waals surface area contributed by atoms with E-state index in [0.29, 0.717) is 17.2 Å². The molecule has 0 bridgehead atoms. The van der Waals surface area contributed by atoms with Gasteiger partial charge in [0, 0.05) is 0 Å². The van der Waals surface area contributed by atoms with E-state index >= 15 is 0 Å². The van der Waals surface area contributed by atoms with Gasteiger partial charge in [-0.25, -0.2) is 0 Å². The molecule has 0 amide bonds. The van der Waals surface area contributed by atoms with Gasteiger partial charge in [0.2, 0.25) is 0 Å². The van der Waals surface area contributed by atoms with Gasteiger partial charge < -0.3 is 9.16 Å². The van der Waals surface area contributed by atoms with Gasteiger partial charge in [-0.05, 0) is 24.6 Å². The Hall–Kier alpha value is 0.137. The Morgan fingerprint density at radius 3 is 2.27 bits per heavy atom. The smallest absolute Gasteiger partial charge is 0.192 e. The van der Waals surface area contributed by atoms with E-state index in [1.54, 1.807) is 0 Å². The largest absolute Gasteiger partial charge is 0.414 e. The Balaban J connectivity index is 2.26. The van der Waals surface area contributed by atoms with E-state index in [9.17, 15) is 0 Å². The fourth-order valence-corrected chi connectivity index (χ4v) is 2.39. The van der Waals surface area contributed by atoms with Crippen LogP contribution in [-0.2, 0) is 9.16 Å². The van der Waals surface area contributed by atoms with E-state index in [4.69, 9.17) is 9.16 Å². The van der Waals surface area contributed by atoms with Crippen molar-refractivity contribution in [3.05, 3.63) is 0 Å².